The third kappa shape index (κ3) is 3.94. The molecule has 2 aliphatic heterocycles. The number of ether oxygens (including phenoxy) is 1. The molecule has 1 N–H and O–H groups in total. The SMILES string of the molecule is CC(C)Oc1cc(CN2CC[C@]3(C=CC(=O)N3c3ccccc3)C[C@@H]2C)ccc1O. The molecular weight excluding hydrogens is 376 g/mol. The Balaban J connectivity index is 1.50. The van der Waals surface area contributed by atoms with Crippen molar-refractivity contribution in [2.45, 2.75) is 57.8 Å². The van der Waals surface area contributed by atoms with Crippen molar-refractivity contribution in [1.29, 1.82) is 0 Å². The molecule has 1 fully saturated rings. The highest BCUT2D eigenvalue weighted by molar-refractivity contribution is 6.06. The highest BCUT2D eigenvalue weighted by Crippen LogP contribution is 2.41. The number of para-hydroxylation sites is 1. The highest BCUT2D eigenvalue weighted by atomic mass is 16.5. The number of benzene rings is 2. The van der Waals surface area contributed by atoms with Gasteiger partial charge in [-0.15, -0.1) is 0 Å². The van der Waals surface area contributed by atoms with Gasteiger partial charge in [-0.25, -0.2) is 0 Å². The van der Waals surface area contributed by atoms with Crippen molar-refractivity contribution < 1.29 is 14.6 Å². The number of likely N-dealkylation sites (tertiary alicyclic amines) is 1. The second kappa shape index (κ2) is 8.15. The predicted octanol–water partition coefficient (Wildman–Crippen LogP) is 4.51. The summed E-state index contributed by atoms with van der Waals surface area (Å²) in [5.74, 6) is 0.769. The predicted molar refractivity (Wildman–Crippen MR) is 119 cm³/mol. The standard InChI is InChI=1S/C25H30N2O3/c1-18(2)30-23-15-20(9-10-22(23)28)17-26-14-13-25(16-19(26)3)12-11-24(29)27(25)21-7-5-4-6-8-21/h4-12,15,18-19,28H,13-14,16-17H2,1-3H3/t19-,25+/m0/s1. The normalized spacial score (nSPS) is 24.2. The number of aromatic hydroxyl groups is 1. The zero-order valence-electron chi connectivity index (χ0n) is 17.9. The molecule has 0 aromatic heterocycles. The first-order chi connectivity index (χ1) is 14.4. The molecule has 2 heterocycles. The molecule has 0 saturated carbocycles. The summed E-state index contributed by atoms with van der Waals surface area (Å²) in [5.41, 5.74) is 1.82. The number of carbonyl (C=O) groups excluding carboxylic acids is 1. The monoisotopic (exact) mass is 406 g/mol. The van der Waals surface area contributed by atoms with E-state index in [2.05, 4.69) is 17.9 Å². The van der Waals surface area contributed by atoms with Crippen molar-refractivity contribution in [1.82, 2.24) is 4.90 Å². The Labute approximate surface area is 178 Å². The van der Waals surface area contributed by atoms with Gasteiger partial charge in [0.1, 0.15) is 0 Å². The maximum absolute atomic E-state index is 12.7. The van der Waals surface area contributed by atoms with Crippen molar-refractivity contribution in [2.75, 3.05) is 11.4 Å². The van der Waals surface area contributed by atoms with E-state index in [4.69, 9.17) is 4.74 Å². The van der Waals surface area contributed by atoms with Gasteiger partial charge >= 0.3 is 0 Å². The average Bonchev–Trinajstić information content (AvgIpc) is 3.02. The number of phenols is 1. The summed E-state index contributed by atoms with van der Waals surface area (Å²) in [6, 6.07) is 15.9. The summed E-state index contributed by atoms with van der Waals surface area (Å²) in [5, 5.41) is 10.1. The number of anilines is 1. The van der Waals surface area contributed by atoms with Crippen molar-refractivity contribution >= 4 is 11.6 Å². The lowest BCUT2D eigenvalue weighted by Gasteiger charge is -2.47. The van der Waals surface area contributed by atoms with E-state index in [-0.39, 0.29) is 23.3 Å². The van der Waals surface area contributed by atoms with Crippen LogP contribution in [0, 0.1) is 0 Å². The third-order valence-corrected chi connectivity index (χ3v) is 6.09. The fourth-order valence-corrected chi connectivity index (χ4v) is 4.69. The van der Waals surface area contributed by atoms with E-state index in [0.717, 1.165) is 37.2 Å². The van der Waals surface area contributed by atoms with Crippen molar-refractivity contribution in [3.8, 4) is 11.5 Å². The maximum atomic E-state index is 12.7. The molecular formula is C25H30N2O3. The van der Waals surface area contributed by atoms with Gasteiger partial charge in [0.15, 0.2) is 11.5 Å². The van der Waals surface area contributed by atoms with Gasteiger partial charge in [0, 0.05) is 30.9 Å². The number of hydrogen-bond donors (Lipinski definition) is 1. The van der Waals surface area contributed by atoms with Gasteiger partial charge < -0.3 is 9.84 Å². The number of rotatable bonds is 5. The number of phenolic OH excluding ortho intramolecular Hbond substituents is 1. The van der Waals surface area contributed by atoms with Crippen molar-refractivity contribution in [2.24, 2.45) is 0 Å². The van der Waals surface area contributed by atoms with E-state index in [1.165, 1.54) is 0 Å². The lowest BCUT2D eigenvalue weighted by Crippen LogP contribution is -2.56. The Hall–Kier alpha value is -2.79. The van der Waals surface area contributed by atoms with Gasteiger partial charge in [-0.2, -0.15) is 0 Å². The summed E-state index contributed by atoms with van der Waals surface area (Å²) in [6.45, 7) is 7.81. The smallest absolute Gasteiger partial charge is 0.251 e. The van der Waals surface area contributed by atoms with E-state index >= 15 is 0 Å². The van der Waals surface area contributed by atoms with Crippen LogP contribution >= 0.6 is 0 Å². The molecule has 4 rings (SSSR count). The summed E-state index contributed by atoms with van der Waals surface area (Å²) >= 11 is 0. The molecule has 2 aliphatic rings. The van der Waals surface area contributed by atoms with Crippen LogP contribution in [0.4, 0.5) is 5.69 Å². The van der Waals surface area contributed by atoms with Crippen LogP contribution in [0.1, 0.15) is 39.2 Å². The average molecular weight is 407 g/mol. The zero-order valence-corrected chi connectivity index (χ0v) is 17.9. The fraction of sp³-hybridized carbons (Fsp3) is 0.400. The molecule has 2 aromatic carbocycles. The largest absolute Gasteiger partial charge is 0.504 e. The van der Waals surface area contributed by atoms with E-state index in [1.54, 1.807) is 12.1 Å². The molecule has 1 spiro atoms. The fourth-order valence-electron chi connectivity index (χ4n) is 4.69. The van der Waals surface area contributed by atoms with Crippen LogP contribution in [0.5, 0.6) is 11.5 Å². The van der Waals surface area contributed by atoms with Crippen LogP contribution in [0.3, 0.4) is 0 Å². The molecule has 2 atom stereocenters. The Morgan fingerprint density at radius 2 is 1.97 bits per heavy atom. The second-order valence-electron chi connectivity index (χ2n) is 8.69. The molecule has 5 heteroatoms. The lowest BCUT2D eigenvalue weighted by atomic mass is 9.82. The van der Waals surface area contributed by atoms with E-state index in [0.29, 0.717) is 11.8 Å². The van der Waals surface area contributed by atoms with Gasteiger partial charge in [0.05, 0.1) is 11.6 Å². The third-order valence-electron chi connectivity index (χ3n) is 6.09. The van der Waals surface area contributed by atoms with Crippen molar-refractivity contribution in [3.05, 3.63) is 66.2 Å². The molecule has 30 heavy (non-hydrogen) atoms. The summed E-state index contributed by atoms with van der Waals surface area (Å²) in [7, 11) is 0. The Kier molecular flexibility index (Phi) is 5.56. The van der Waals surface area contributed by atoms with Crippen molar-refractivity contribution in [3.63, 3.8) is 0 Å². The highest BCUT2D eigenvalue weighted by Gasteiger charge is 2.46. The Morgan fingerprint density at radius 1 is 1.20 bits per heavy atom. The molecule has 1 saturated heterocycles. The number of amides is 1. The zero-order chi connectivity index (χ0) is 21.3. The number of nitrogens with zero attached hydrogens (tertiary/aromatic N) is 2. The lowest BCUT2D eigenvalue weighted by molar-refractivity contribution is -0.114. The van der Waals surface area contributed by atoms with Gasteiger partial charge in [-0.1, -0.05) is 30.3 Å². The summed E-state index contributed by atoms with van der Waals surface area (Å²) in [6.07, 6.45) is 5.62. The van der Waals surface area contributed by atoms with Gasteiger partial charge in [-0.3, -0.25) is 14.6 Å². The van der Waals surface area contributed by atoms with E-state index in [1.807, 2.05) is 61.2 Å². The van der Waals surface area contributed by atoms with E-state index < -0.39 is 0 Å². The minimum atomic E-state index is -0.255. The van der Waals surface area contributed by atoms with Crippen LogP contribution in [-0.4, -0.2) is 40.1 Å². The number of carbonyl (C=O) groups is 1. The first kappa shape index (κ1) is 20.5. The minimum Gasteiger partial charge on any atom is -0.504 e. The van der Waals surface area contributed by atoms with Crippen LogP contribution in [0.25, 0.3) is 0 Å². The first-order valence-corrected chi connectivity index (χ1v) is 10.7. The summed E-state index contributed by atoms with van der Waals surface area (Å²) in [4.78, 5) is 17.1. The van der Waals surface area contributed by atoms with Crippen LogP contribution in [0.2, 0.25) is 0 Å². The molecule has 2 aromatic rings. The first-order valence-electron chi connectivity index (χ1n) is 10.7. The van der Waals surface area contributed by atoms with Crippen LogP contribution in [-0.2, 0) is 11.3 Å². The van der Waals surface area contributed by atoms with Gasteiger partial charge in [-0.05, 0) is 63.4 Å². The van der Waals surface area contributed by atoms with Crippen LogP contribution in [0.15, 0.2) is 60.7 Å². The second-order valence-corrected chi connectivity index (χ2v) is 8.69. The van der Waals surface area contributed by atoms with Gasteiger partial charge in [0.25, 0.3) is 5.91 Å². The van der Waals surface area contributed by atoms with Gasteiger partial charge in [0.2, 0.25) is 0 Å². The maximum Gasteiger partial charge on any atom is 0.251 e. The topological polar surface area (TPSA) is 53.0 Å². The molecule has 5 nitrogen and oxygen atoms in total. The number of piperidine rings is 1. The van der Waals surface area contributed by atoms with E-state index in [9.17, 15) is 9.90 Å². The molecule has 1 amide bonds. The Morgan fingerprint density at radius 3 is 2.67 bits per heavy atom. The molecule has 0 aliphatic carbocycles. The molecule has 0 radical (unpaired) electrons. The number of hydrogen-bond acceptors (Lipinski definition) is 4. The minimum absolute atomic E-state index is 0.00980. The molecule has 158 valence electrons. The Bertz CT molecular complexity index is 941. The van der Waals surface area contributed by atoms with Crippen LogP contribution < -0.4 is 9.64 Å². The quantitative estimate of drug-likeness (QED) is 0.794. The molecule has 0 bridgehead atoms. The summed E-state index contributed by atoms with van der Waals surface area (Å²) < 4.78 is 5.73. The molecule has 0 unspecified atom stereocenters.